The number of amides is 1. The summed E-state index contributed by atoms with van der Waals surface area (Å²) < 4.78 is 0. The zero-order valence-electron chi connectivity index (χ0n) is 6.60. The number of fused-ring (bicyclic) bond motifs is 1. The number of hydrogen-bond donors (Lipinski definition) is 0. The van der Waals surface area contributed by atoms with Gasteiger partial charge in [-0.1, -0.05) is 0 Å². The van der Waals surface area contributed by atoms with Crippen molar-refractivity contribution in [3.05, 3.63) is 23.8 Å². The summed E-state index contributed by atoms with van der Waals surface area (Å²) in [6, 6.07) is 0. The Kier molecular flexibility index (Phi) is 1.74. The van der Waals surface area contributed by atoms with Crippen LogP contribution in [0.1, 0.15) is 11.3 Å². The second-order valence-corrected chi connectivity index (χ2v) is 2.82. The molecule has 4 heteroatoms. The van der Waals surface area contributed by atoms with Crippen molar-refractivity contribution in [1.29, 1.82) is 0 Å². The van der Waals surface area contributed by atoms with Gasteiger partial charge in [-0.3, -0.25) is 4.79 Å². The van der Waals surface area contributed by atoms with Gasteiger partial charge in [0.1, 0.15) is 6.33 Å². The van der Waals surface area contributed by atoms with Gasteiger partial charge >= 0.3 is 0 Å². The van der Waals surface area contributed by atoms with Gasteiger partial charge in [0, 0.05) is 12.7 Å². The lowest BCUT2D eigenvalue weighted by Gasteiger charge is -2.23. The van der Waals surface area contributed by atoms with Gasteiger partial charge in [-0.25, -0.2) is 9.97 Å². The van der Waals surface area contributed by atoms with E-state index in [1.165, 1.54) is 6.33 Å². The molecule has 0 bridgehead atoms. The number of carbonyl (C=O) groups is 1. The molecule has 1 aromatic rings. The van der Waals surface area contributed by atoms with Crippen LogP contribution in [0.5, 0.6) is 0 Å². The maximum absolute atomic E-state index is 10.5. The molecule has 0 saturated heterocycles. The first-order valence-electron chi connectivity index (χ1n) is 3.87. The molecule has 1 aliphatic rings. The van der Waals surface area contributed by atoms with Gasteiger partial charge in [-0.05, 0) is 12.0 Å². The summed E-state index contributed by atoms with van der Waals surface area (Å²) >= 11 is 0. The molecule has 0 aromatic carbocycles. The average Bonchev–Trinajstić information content (AvgIpc) is 2.17. The lowest BCUT2D eigenvalue weighted by atomic mass is 10.1. The molecule has 1 aliphatic heterocycles. The van der Waals surface area contributed by atoms with Crippen molar-refractivity contribution in [2.75, 3.05) is 6.54 Å². The molecule has 0 saturated carbocycles. The summed E-state index contributed by atoms with van der Waals surface area (Å²) in [5.41, 5.74) is 2.14. The summed E-state index contributed by atoms with van der Waals surface area (Å²) in [4.78, 5) is 20.2. The highest BCUT2D eigenvalue weighted by Gasteiger charge is 2.14. The molecule has 1 aromatic heterocycles. The second-order valence-electron chi connectivity index (χ2n) is 2.82. The SMILES string of the molecule is O=CN1CCc2cncnc2C1. The molecule has 12 heavy (non-hydrogen) atoms. The van der Waals surface area contributed by atoms with Crippen molar-refractivity contribution in [3.8, 4) is 0 Å². The van der Waals surface area contributed by atoms with Crippen LogP contribution in [0.3, 0.4) is 0 Å². The molecule has 0 radical (unpaired) electrons. The summed E-state index contributed by atoms with van der Waals surface area (Å²) in [6.07, 6.45) is 5.08. The minimum Gasteiger partial charge on any atom is -0.339 e. The molecule has 0 aliphatic carbocycles. The van der Waals surface area contributed by atoms with Gasteiger partial charge < -0.3 is 4.90 Å². The molecular weight excluding hydrogens is 154 g/mol. The predicted octanol–water partition coefficient (Wildman–Crippen LogP) is -0.00890. The van der Waals surface area contributed by atoms with Gasteiger partial charge in [0.25, 0.3) is 0 Å². The van der Waals surface area contributed by atoms with Crippen molar-refractivity contribution >= 4 is 6.41 Å². The van der Waals surface area contributed by atoms with Crippen LogP contribution in [-0.4, -0.2) is 27.8 Å². The predicted molar refractivity (Wildman–Crippen MR) is 42.2 cm³/mol. The van der Waals surface area contributed by atoms with Gasteiger partial charge in [0.15, 0.2) is 0 Å². The van der Waals surface area contributed by atoms with Crippen molar-refractivity contribution in [3.63, 3.8) is 0 Å². The zero-order valence-corrected chi connectivity index (χ0v) is 6.60. The Morgan fingerprint density at radius 1 is 1.58 bits per heavy atom. The standard InChI is InChI=1S/C8H9N3O/c12-6-11-2-1-7-3-9-5-10-8(7)4-11/h3,5-6H,1-2,4H2. The van der Waals surface area contributed by atoms with E-state index in [0.29, 0.717) is 6.54 Å². The fraction of sp³-hybridized carbons (Fsp3) is 0.375. The molecule has 2 heterocycles. The van der Waals surface area contributed by atoms with Crippen LogP contribution in [-0.2, 0) is 17.8 Å². The van der Waals surface area contributed by atoms with Crippen molar-refractivity contribution in [1.82, 2.24) is 14.9 Å². The maximum atomic E-state index is 10.5. The number of carbonyl (C=O) groups excluding carboxylic acids is 1. The number of hydrogen-bond acceptors (Lipinski definition) is 3. The highest BCUT2D eigenvalue weighted by atomic mass is 16.1. The fourth-order valence-corrected chi connectivity index (χ4v) is 1.36. The van der Waals surface area contributed by atoms with Gasteiger partial charge in [-0.15, -0.1) is 0 Å². The van der Waals surface area contributed by atoms with Crippen LogP contribution in [0, 0.1) is 0 Å². The van der Waals surface area contributed by atoms with E-state index in [2.05, 4.69) is 9.97 Å². The first kappa shape index (κ1) is 7.21. The Morgan fingerprint density at radius 3 is 3.33 bits per heavy atom. The zero-order chi connectivity index (χ0) is 8.39. The summed E-state index contributed by atoms with van der Waals surface area (Å²) in [6.45, 7) is 1.41. The van der Waals surface area contributed by atoms with Crippen molar-refractivity contribution < 1.29 is 4.79 Å². The van der Waals surface area contributed by atoms with Crippen LogP contribution >= 0.6 is 0 Å². The highest BCUT2D eigenvalue weighted by Crippen LogP contribution is 2.13. The van der Waals surface area contributed by atoms with E-state index in [-0.39, 0.29) is 0 Å². The third kappa shape index (κ3) is 1.15. The third-order valence-corrected chi connectivity index (χ3v) is 2.05. The smallest absolute Gasteiger partial charge is 0.210 e. The maximum Gasteiger partial charge on any atom is 0.210 e. The minimum absolute atomic E-state index is 0.626. The normalized spacial score (nSPS) is 15.5. The fourth-order valence-electron chi connectivity index (χ4n) is 1.36. The van der Waals surface area contributed by atoms with Gasteiger partial charge in [-0.2, -0.15) is 0 Å². The van der Waals surface area contributed by atoms with E-state index >= 15 is 0 Å². The molecule has 0 atom stereocenters. The molecule has 0 spiro atoms. The molecule has 0 N–H and O–H groups in total. The Morgan fingerprint density at radius 2 is 2.50 bits per heavy atom. The quantitative estimate of drug-likeness (QED) is 0.547. The second kappa shape index (κ2) is 2.89. The van der Waals surface area contributed by atoms with Crippen LogP contribution in [0.2, 0.25) is 0 Å². The van der Waals surface area contributed by atoms with E-state index in [0.717, 1.165) is 30.6 Å². The molecular formula is C8H9N3O. The van der Waals surface area contributed by atoms with Crippen LogP contribution in [0.4, 0.5) is 0 Å². The largest absolute Gasteiger partial charge is 0.339 e. The molecule has 0 fully saturated rings. The molecule has 4 nitrogen and oxygen atoms in total. The average molecular weight is 163 g/mol. The van der Waals surface area contributed by atoms with E-state index in [1.54, 1.807) is 4.90 Å². The molecule has 1 amide bonds. The monoisotopic (exact) mass is 163 g/mol. The van der Waals surface area contributed by atoms with Crippen molar-refractivity contribution in [2.24, 2.45) is 0 Å². The number of rotatable bonds is 1. The van der Waals surface area contributed by atoms with Gasteiger partial charge in [0.05, 0.1) is 12.2 Å². The van der Waals surface area contributed by atoms with Crippen LogP contribution in [0.15, 0.2) is 12.5 Å². The Hall–Kier alpha value is -1.45. The lowest BCUT2D eigenvalue weighted by molar-refractivity contribution is -0.119. The first-order chi connectivity index (χ1) is 5.90. The highest BCUT2D eigenvalue weighted by molar-refractivity contribution is 5.48. The Balaban J connectivity index is 2.28. The number of nitrogens with zero attached hydrogens (tertiary/aromatic N) is 3. The summed E-state index contributed by atoms with van der Waals surface area (Å²) in [5.74, 6) is 0. The molecule has 62 valence electrons. The molecule has 2 rings (SSSR count). The van der Waals surface area contributed by atoms with Crippen molar-refractivity contribution in [2.45, 2.75) is 13.0 Å². The third-order valence-electron chi connectivity index (χ3n) is 2.05. The van der Waals surface area contributed by atoms with E-state index in [1.807, 2.05) is 6.20 Å². The summed E-state index contributed by atoms with van der Waals surface area (Å²) in [5, 5.41) is 0. The van der Waals surface area contributed by atoms with Gasteiger partial charge in [0.2, 0.25) is 6.41 Å². The Labute approximate surface area is 70.2 Å². The topological polar surface area (TPSA) is 46.1 Å². The lowest BCUT2D eigenvalue weighted by Crippen LogP contribution is -2.29. The first-order valence-corrected chi connectivity index (χ1v) is 3.87. The van der Waals surface area contributed by atoms with E-state index in [9.17, 15) is 4.79 Å². The number of aromatic nitrogens is 2. The van der Waals surface area contributed by atoms with E-state index < -0.39 is 0 Å². The minimum atomic E-state index is 0.626. The summed E-state index contributed by atoms with van der Waals surface area (Å²) in [7, 11) is 0. The van der Waals surface area contributed by atoms with Crippen LogP contribution < -0.4 is 0 Å². The van der Waals surface area contributed by atoms with E-state index in [4.69, 9.17) is 0 Å². The Bertz CT molecular complexity index is 300. The van der Waals surface area contributed by atoms with Crippen LogP contribution in [0.25, 0.3) is 0 Å². The molecule has 0 unspecified atom stereocenters.